The monoisotopic (exact) mass is 301 g/mol. The van der Waals surface area contributed by atoms with E-state index in [1.54, 1.807) is 7.11 Å². The van der Waals surface area contributed by atoms with Crippen molar-refractivity contribution in [1.29, 1.82) is 0 Å². The van der Waals surface area contributed by atoms with Gasteiger partial charge in [0.25, 0.3) is 0 Å². The van der Waals surface area contributed by atoms with Crippen molar-refractivity contribution in [3.8, 4) is 5.75 Å². The Kier molecular flexibility index (Phi) is 2.83. The highest BCUT2D eigenvalue weighted by Crippen LogP contribution is 2.53. The fourth-order valence-electron chi connectivity index (χ4n) is 4.16. The van der Waals surface area contributed by atoms with Crippen molar-refractivity contribution < 1.29 is 14.3 Å². The minimum absolute atomic E-state index is 0.0386. The Labute approximate surface area is 128 Å². The molecule has 3 saturated heterocycles. The normalized spacial score (nSPS) is 33.2. The second kappa shape index (κ2) is 4.54. The van der Waals surface area contributed by atoms with Crippen LogP contribution in [0.2, 0.25) is 0 Å². The molecule has 6 nitrogen and oxygen atoms in total. The molecule has 3 aliphatic heterocycles. The number of amides is 2. The quantitative estimate of drug-likeness (QED) is 0.753. The Morgan fingerprint density at radius 3 is 1.95 bits per heavy atom. The van der Waals surface area contributed by atoms with Crippen LogP contribution in [0, 0.1) is 10.8 Å². The zero-order chi connectivity index (χ0) is 15.4. The summed E-state index contributed by atoms with van der Waals surface area (Å²) in [6, 6.07) is 7.49. The summed E-state index contributed by atoms with van der Waals surface area (Å²) in [7, 11) is 1.61. The summed E-state index contributed by atoms with van der Waals surface area (Å²) < 4.78 is 5.14. The zero-order valence-corrected chi connectivity index (χ0v) is 12.5. The van der Waals surface area contributed by atoms with E-state index in [4.69, 9.17) is 4.74 Å². The summed E-state index contributed by atoms with van der Waals surface area (Å²) in [6.45, 7) is 2.69. The van der Waals surface area contributed by atoms with Gasteiger partial charge in [0.15, 0.2) is 0 Å². The third-order valence-electron chi connectivity index (χ3n) is 5.43. The molecule has 6 heteroatoms. The first-order valence-corrected chi connectivity index (χ1v) is 7.54. The molecule has 0 bridgehead atoms. The van der Waals surface area contributed by atoms with Crippen LogP contribution in [0.3, 0.4) is 0 Å². The van der Waals surface area contributed by atoms with Crippen LogP contribution < -0.4 is 15.4 Å². The first kappa shape index (κ1) is 13.7. The minimum atomic E-state index is -0.587. The van der Waals surface area contributed by atoms with Crippen LogP contribution in [0.5, 0.6) is 5.75 Å². The second-order valence-corrected chi connectivity index (χ2v) is 6.42. The highest BCUT2D eigenvalue weighted by molar-refractivity contribution is 6.11. The van der Waals surface area contributed by atoms with Crippen LogP contribution in [0.25, 0.3) is 0 Å². The molecule has 3 heterocycles. The predicted molar refractivity (Wildman–Crippen MR) is 79.2 cm³/mol. The number of ether oxygens (including phenoxy) is 1. The zero-order valence-electron chi connectivity index (χ0n) is 12.5. The average molecular weight is 301 g/mol. The first-order chi connectivity index (χ1) is 10.6. The number of hydrogen-bond acceptors (Lipinski definition) is 5. The van der Waals surface area contributed by atoms with E-state index in [0.29, 0.717) is 32.7 Å². The van der Waals surface area contributed by atoms with Gasteiger partial charge in [-0.1, -0.05) is 12.1 Å². The number of carbonyl (C=O) groups excluding carboxylic acids is 2. The van der Waals surface area contributed by atoms with E-state index in [2.05, 4.69) is 10.6 Å². The molecule has 0 saturated carbocycles. The summed E-state index contributed by atoms with van der Waals surface area (Å²) in [5, 5.41) is 6.49. The van der Waals surface area contributed by atoms with Crippen LogP contribution in [-0.2, 0) is 16.1 Å². The molecule has 2 N–H and O–H groups in total. The molecule has 0 spiro atoms. The second-order valence-electron chi connectivity index (χ2n) is 6.42. The van der Waals surface area contributed by atoms with Gasteiger partial charge in [-0.3, -0.25) is 14.5 Å². The summed E-state index contributed by atoms with van der Waals surface area (Å²) in [5.74, 6) is 0.689. The van der Waals surface area contributed by atoms with Crippen LogP contribution in [-0.4, -0.2) is 50.0 Å². The van der Waals surface area contributed by atoms with Crippen molar-refractivity contribution in [2.75, 3.05) is 33.3 Å². The third-order valence-corrected chi connectivity index (χ3v) is 5.43. The number of likely N-dealkylation sites (tertiary alicyclic amines) is 1. The average Bonchev–Trinajstić information content (AvgIpc) is 3.12. The predicted octanol–water partition coefficient (Wildman–Crippen LogP) is -0.257. The molecule has 0 atom stereocenters. The number of benzene rings is 1. The maximum Gasteiger partial charge on any atom is 0.239 e. The maximum atomic E-state index is 12.9. The van der Waals surface area contributed by atoms with Gasteiger partial charge in [-0.2, -0.15) is 0 Å². The highest BCUT2D eigenvalue weighted by Gasteiger charge is 2.73. The minimum Gasteiger partial charge on any atom is -0.497 e. The van der Waals surface area contributed by atoms with Gasteiger partial charge in [0.2, 0.25) is 11.8 Å². The number of imide groups is 1. The lowest BCUT2D eigenvalue weighted by Crippen LogP contribution is -2.42. The van der Waals surface area contributed by atoms with Crippen LogP contribution in [0.1, 0.15) is 5.56 Å². The van der Waals surface area contributed by atoms with E-state index in [9.17, 15) is 9.59 Å². The van der Waals surface area contributed by atoms with Gasteiger partial charge in [-0.15, -0.1) is 0 Å². The Bertz CT molecular complexity index is 601. The summed E-state index contributed by atoms with van der Waals surface area (Å²) >= 11 is 0. The molecule has 3 aliphatic rings. The molecule has 116 valence electrons. The smallest absolute Gasteiger partial charge is 0.239 e. The SMILES string of the molecule is COc1ccc(CN2C(=O)C34CNCC3(CNC4)C2=O)cc1. The van der Waals surface area contributed by atoms with E-state index in [-0.39, 0.29) is 11.8 Å². The molecular weight excluding hydrogens is 282 g/mol. The molecule has 1 aromatic carbocycles. The molecule has 0 unspecified atom stereocenters. The van der Waals surface area contributed by atoms with Crippen molar-refractivity contribution in [3.63, 3.8) is 0 Å². The van der Waals surface area contributed by atoms with E-state index in [1.165, 1.54) is 4.90 Å². The van der Waals surface area contributed by atoms with Gasteiger partial charge >= 0.3 is 0 Å². The van der Waals surface area contributed by atoms with Crippen LogP contribution in [0.4, 0.5) is 0 Å². The molecular formula is C16H19N3O3. The number of hydrogen-bond donors (Lipinski definition) is 2. The lowest BCUT2D eigenvalue weighted by atomic mass is 9.70. The Hall–Kier alpha value is -1.92. The van der Waals surface area contributed by atoms with Gasteiger partial charge in [-0.25, -0.2) is 0 Å². The number of nitrogens with zero attached hydrogens (tertiary/aromatic N) is 1. The Morgan fingerprint density at radius 2 is 1.50 bits per heavy atom. The van der Waals surface area contributed by atoms with Crippen LogP contribution >= 0.6 is 0 Å². The molecule has 0 radical (unpaired) electrons. The third kappa shape index (κ3) is 1.51. The summed E-state index contributed by atoms with van der Waals surface area (Å²) in [6.07, 6.45) is 0. The van der Waals surface area contributed by atoms with E-state index in [1.807, 2.05) is 24.3 Å². The molecule has 0 aliphatic carbocycles. The molecule has 22 heavy (non-hydrogen) atoms. The highest BCUT2D eigenvalue weighted by atomic mass is 16.5. The van der Waals surface area contributed by atoms with Gasteiger partial charge in [0.1, 0.15) is 5.75 Å². The number of carbonyl (C=O) groups is 2. The van der Waals surface area contributed by atoms with Crippen LogP contribution in [0.15, 0.2) is 24.3 Å². The fourth-order valence-corrected chi connectivity index (χ4v) is 4.16. The topological polar surface area (TPSA) is 70.7 Å². The van der Waals surface area contributed by atoms with Crippen molar-refractivity contribution in [1.82, 2.24) is 15.5 Å². The van der Waals surface area contributed by atoms with Gasteiger partial charge in [0, 0.05) is 26.2 Å². The Morgan fingerprint density at radius 1 is 1.00 bits per heavy atom. The molecule has 3 fully saturated rings. The number of rotatable bonds is 3. The van der Waals surface area contributed by atoms with Gasteiger partial charge in [0.05, 0.1) is 24.5 Å². The van der Waals surface area contributed by atoms with Gasteiger partial charge < -0.3 is 15.4 Å². The van der Waals surface area contributed by atoms with E-state index in [0.717, 1.165) is 11.3 Å². The van der Waals surface area contributed by atoms with Crippen molar-refractivity contribution in [2.24, 2.45) is 10.8 Å². The fraction of sp³-hybridized carbons (Fsp3) is 0.500. The first-order valence-electron chi connectivity index (χ1n) is 7.54. The number of methoxy groups -OCH3 is 1. The largest absolute Gasteiger partial charge is 0.497 e. The van der Waals surface area contributed by atoms with E-state index < -0.39 is 10.8 Å². The maximum absolute atomic E-state index is 12.9. The molecule has 0 aromatic heterocycles. The van der Waals surface area contributed by atoms with Gasteiger partial charge in [-0.05, 0) is 17.7 Å². The summed E-state index contributed by atoms with van der Waals surface area (Å²) in [4.78, 5) is 27.3. The van der Waals surface area contributed by atoms with Crippen molar-refractivity contribution in [3.05, 3.63) is 29.8 Å². The Balaban J connectivity index is 1.64. The summed E-state index contributed by atoms with van der Waals surface area (Å²) in [5.41, 5.74) is -0.234. The lowest BCUT2D eigenvalue weighted by Gasteiger charge is -2.24. The number of nitrogens with one attached hydrogen (secondary N) is 2. The molecule has 2 amide bonds. The van der Waals surface area contributed by atoms with Crippen molar-refractivity contribution >= 4 is 11.8 Å². The van der Waals surface area contributed by atoms with E-state index >= 15 is 0 Å². The molecule has 4 rings (SSSR count). The van der Waals surface area contributed by atoms with Crippen molar-refractivity contribution in [2.45, 2.75) is 6.54 Å². The lowest BCUT2D eigenvalue weighted by molar-refractivity contribution is -0.143. The molecule has 1 aromatic rings. The standard InChI is InChI=1S/C16H19N3O3/c1-22-12-4-2-11(3-5-12)6-19-13(20)15-7-17-9-16(15,14(19)21)10-18-8-15/h2-5,17-18H,6-10H2,1H3.